The molecule has 0 heterocycles. The highest BCUT2D eigenvalue weighted by Crippen LogP contribution is 2.65. The van der Waals surface area contributed by atoms with Crippen LogP contribution < -0.4 is 5.30 Å². The van der Waals surface area contributed by atoms with Gasteiger partial charge in [-0.05, 0) is 32.9 Å². The second kappa shape index (κ2) is 4.71. The van der Waals surface area contributed by atoms with E-state index in [4.69, 9.17) is 11.5 Å². The minimum Gasteiger partial charge on any atom is -0.197 e. The van der Waals surface area contributed by atoms with E-state index in [9.17, 15) is 8.42 Å². The van der Waals surface area contributed by atoms with E-state index in [0.717, 1.165) is 11.6 Å². The highest BCUT2D eigenvalue weighted by atomic mass is 32.2. The Morgan fingerprint density at radius 1 is 1.18 bits per heavy atom. The van der Waals surface area contributed by atoms with Crippen molar-refractivity contribution in [1.82, 2.24) is 0 Å². The van der Waals surface area contributed by atoms with Gasteiger partial charge >= 0.3 is 7.57 Å². The third kappa shape index (κ3) is 3.54. The van der Waals surface area contributed by atoms with Crippen molar-refractivity contribution in [3.63, 3.8) is 0 Å². The van der Waals surface area contributed by atoms with E-state index in [1.165, 1.54) is 0 Å². The fourth-order valence-electron chi connectivity index (χ4n) is 1.41. The Labute approximate surface area is 105 Å². The molecule has 0 aliphatic heterocycles. The third-order valence-electron chi connectivity index (χ3n) is 2.39. The maximum absolute atomic E-state index is 11.4. The van der Waals surface area contributed by atoms with Gasteiger partial charge in [-0.1, -0.05) is 18.2 Å². The van der Waals surface area contributed by atoms with E-state index in [2.05, 4.69) is 0 Å². The molecule has 92 valence electrons. The minimum absolute atomic E-state index is 0.447. The van der Waals surface area contributed by atoms with Gasteiger partial charge in [0.25, 0.3) is 10.1 Å². The van der Waals surface area contributed by atoms with Crippen molar-refractivity contribution >= 4 is 30.4 Å². The van der Waals surface area contributed by atoms with Crippen molar-refractivity contribution in [3.8, 4) is 0 Å². The highest BCUT2D eigenvalue weighted by molar-refractivity contribution is 8.07. The predicted octanol–water partition coefficient (Wildman–Crippen LogP) is 2.10. The fourth-order valence-corrected chi connectivity index (χ4v) is 5.74. The highest BCUT2D eigenvalue weighted by Gasteiger charge is 2.52. The van der Waals surface area contributed by atoms with Gasteiger partial charge in [-0.2, -0.15) is 8.42 Å². The summed E-state index contributed by atoms with van der Waals surface area (Å²) in [4.78, 5) is 0. The van der Waals surface area contributed by atoms with Crippen LogP contribution in [0.3, 0.4) is 0 Å². The second-order valence-corrected chi connectivity index (χ2v) is 10.1. The van der Waals surface area contributed by atoms with Crippen LogP contribution in [-0.2, 0) is 14.1 Å². The molecule has 0 aliphatic rings. The van der Waals surface area contributed by atoms with E-state index in [0.29, 0.717) is 0 Å². The molecule has 0 fully saturated rings. The molecule has 0 N–H and O–H groups in total. The molecule has 0 aliphatic carbocycles. The Kier molecular flexibility index (Phi) is 4.07. The van der Waals surface area contributed by atoms with Gasteiger partial charge in [0.05, 0.1) is 11.4 Å². The summed E-state index contributed by atoms with van der Waals surface area (Å²) < 4.78 is 28.0. The van der Waals surface area contributed by atoms with Gasteiger partial charge in [-0.25, -0.2) is 0 Å². The summed E-state index contributed by atoms with van der Waals surface area (Å²) in [6.45, 7) is 5.66. The molecule has 0 aromatic heterocycles. The van der Waals surface area contributed by atoms with Crippen molar-refractivity contribution in [1.29, 1.82) is 0 Å². The molecule has 2 radical (unpaired) electrons. The Balaban J connectivity index is 3.31. The number of hydrogen-bond donors (Lipinski definition) is 0. The number of rotatable bonds is 3. The standard InChI is InChI=1S/C11H17BO3PS/c1-11(2,3)16(12,15-17(4,13)14)10-8-6-5-7-9-10/h5-9H,1-4H3/q+1. The van der Waals surface area contributed by atoms with Crippen LogP contribution in [0.25, 0.3) is 0 Å². The van der Waals surface area contributed by atoms with E-state index in [-0.39, 0.29) is 0 Å². The first-order valence-corrected chi connectivity index (χ1v) is 8.80. The van der Waals surface area contributed by atoms with Gasteiger partial charge in [-0.3, -0.25) is 0 Å². The Morgan fingerprint density at radius 3 is 2.00 bits per heavy atom. The molecule has 1 aromatic rings. The summed E-state index contributed by atoms with van der Waals surface area (Å²) >= 11 is 0. The van der Waals surface area contributed by atoms with Gasteiger partial charge in [0.15, 0.2) is 7.37 Å². The van der Waals surface area contributed by atoms with Crippen molar-refractivity contribution in [2.45, 2.75) is 25.9 Å². The maximum atomic E-state index is 11.4. The number of benzene rings is 1. The molecule has 0 amide bonds. The predicted molar refractivity (Wildman–Crippen MR) is 74.4 cm³/mol. The molecular formula is C11H17BO3PS+. The summed E-state index contributed by atoms with van der Waals surface area (Å²) in [5.41, 5.74) is 0. The van der Waals surface area contributed by atoms with Crippen LogP contribution in [0.5, 0.6) is 0 Å². The van der Waals surface area contributed by atoms with E-state index in [1.807, 2.05) is 51.1 Å². The molecular weight excluding hydrogens is 254 g/mol. The van der Waals surface area contributed by atoms with Crippen LogP contribution in [0.4, 0.5) is 0 Å². The molecule has 3 nitrogen and oxygen atoms in total. The lowest BCUT2D eigenvalue weighted by Gasteiger charge is -2.32. The largest absolute Gasteiger partial charge is 0.411 e. The van der Waals surface area contributed by atoms with Crippen LogP contribution in [0, 0.1) is 0 Å². The SMILES string of the molecule is [B][P+](OS(C)(=O)=O)(c1ccccc1)C(C)(C)C. The molecule has 0 bridgehead atoms. The van der Waals surface area contributed by atoms with Crippen LogP contribution in [0.15, 0.2) is 30.3 Å². The molecule has 0 saturated heterocycles. The zero-order valence-electron chi connectivity index (χ0n) is 10.5. The van der Waals surface area contributed by atoms with Gasteiger partial charge < -0.3 is 0 Å². The van der Waals surface area contributed by atoms with Crippen molar-refractivity contribution < 1.29 is 12.4 Å². The van der Waals surface area contributed by atoms with Gasteiger partial charge in [0, 0.05) is 0 Å². The second-order valence-electron chi connectivity index (χ2n) is 4.94. The van der Waals surface area contributed by atoms with Gasteiger partial charge in [0.1, 0.15) is 5.30 Å². The summed E-state index contributed by atoms with van der Waals surface area (Å²) in [7, 11) is -0.0115. The van der Waals surface area contributed by atoms with Crippen LogP contribution >= 0.6 is 7.37 Å². The fraction of sp³-hybridized carbons (Fsp3) is 0.455. The Morgan fingerprint density at radius 2 is 1.65 bits per heavy atom. The molecule has 1 unspecified atom stereocenters. The normalized spacial score (nSPS) is 16.5. The van der Waals surface area contributed by atoms with Gasteiger partial charge in [0.2, 0.25) is 0 Å². The van der Waals surface area contributed by atoms with Crippen LogP contribution in [-0.4, -0.2) is 27.4 Å². The number of hydrogen-bond acceptors (Lipinski definition) is 3. The van der Waals surface area contributed by atoms with E-state index in [1.54, 1.807) is 0 Å². The Hall–Kier alpha value is -0.375. The Bertz CT molecular complexity index is 481. The van der Waals surface area contributed by atoms with Crippen molar-refractivity contribution in [2.75, 3.05) is 6.26 Å². The molecule has 6 heteroatoms. The van der Waals surface area contributed by atoms with Crippen molar-refractivity contribution in [2.24, 2.45) is 0 Å². The summed E-state index contributed by atoms with van der Waals surface area (Å²) in [5.74, 6) is 0. The van der Waals surface area contributed by atoms with Crippen LogP contribution in [0.1, 0.15) is 20.8 Å². The first kappa shape index (κ1) is 14.7. The molecule has 0 spiro atoms. The average molecular weight is 271 g/mol. The molecule has 17 heavy (non-hydrogen) atoms. The molecule has 1 atom stereocenters. The zero-order chi connectivity index (χ0) is 13.3. The van der Waals surface area contributed by atoms with Gasteiger partial charge in [-0.15, -0.1) is 3.97 Å². The maximum Gasteiger partial charge on any atom is 0.411 e. The van der Waals surface area contributed by atoms with Crippen LogP contribution in [0.2, 0.25) is 0 Å². The first-order chi connectivity index (χ1) is 7.56. The smallest absolute Gasteiger partial charge is 0.197 e. The molecule has 0 saturated carbocycles. The lowest BCUT2D eigenvalue weighted by Crippen LogP contribution is -2.31. The minimum atomic E-state index is -3.59. The van der Waals surface area contributed by atoms with E-state index >= 15 is 0 Å². The summed E-state index contributed by atoms with van der Waals surface area (Å²) in [6.07, 6.45) is 1.03. The van der Waals surface area contributed by atoms with E-state index < -0.39 is 22.6 Å². The third-order valence-corrected chi connectivity index (χ3v) is 7.47. The first-order valence-electron chi connectivity index (χ1n) is 5.21. The monoisotopic (exact) mass is 271 g/mol. The lowest BCUT2D eigenvalue weighted by atomic mass is 10.3. The topological polar surface area (TPSA) is 43.4 Å². The molecule has 1 rings (SSSR count). The lowest BCUT2D eigenvalue weighted by molar-refractivity contribution is 0.505. The summed E-state index contributed by atoms with van der Waals surface area (Å²) in [6, 6.07) is 9.13. The quantitative estimate of drug-likeness (QED) is 0.624. The van der Waals surface area contributed by atoms with Crippen molar-refractivity contribution in [3.05, 3.63) is 30.3 Å². The zero-order valence-corrected chi connectivity index (χ0v) is 12.3. The summed E-state index contributed by atoms with van der Waals surface area (Å²) in [5, 5.41) is 0.301. The molecule has 1 aromatic carbocycles. The average Bonchev–Trinajstić information content (AvgIpc) is 2.14.